The van der Waals surface area contributed by atoms with Gasteiger partial charge in [-0.3, -0.25) is 14.4 Å². The standard InChI is InChI=1S/C29H39N3O7/c1-6-16-31-25-21-14-9-13-20(37-4)12-7-10-18(2)27(39-29(30)36)24(38-5)15-8-11-19(3)28(35)32-22(26(21)34)17-23(25)33/h6,8,10-11,15,17,20,24,27,31H,1,7,9,12-14,16H2,2-5H3,(H2,30,36)(H,32,35)/b15-8-,18-10+,19-11+/t20-,24?,27+/m1/s1. The van der Waals surface area contributed by atoms with Crippen molar-refractivity contribution >= 4 is 23.6 Å². The first-order valence-electron chi connectivity index (χ1n) is 12.9. The van der Waals surface area contributed by atoms with Crippen LogP contribution >= 0.6 is 0 Å². The number of ether oxygens (including phenoxy) is 3. The van der Waals surface area contributed by atoms with Crippen molar-refractivity contribution in [3.05, 3.63) is 71.1 Å². The highest BCUT2D eigenvalue weighted by molar-refractivity contribution is 6.23. The first kappa shape index (κ1) is 31.5. The average molecular weight is 542 g/mol. The van der Waals surface area contributed by atoms with Crippen LogP contribution in [0.15, 0.2) is 71.1 Å². The third-order valence-corrected chi connectivity index (χ3v) is 6.52. The van der Waals surface area contributed by atoms with Crippen molar-refractivity contribution in [1.29, 1.82) is 0 Å². The van der Waals surface area contributed by atoms with Gasteiger partial charge in [-0.15, -0.1) is 6.58 Å². The van der Waals surface area contributed by atoms with Gasteiger partial charge in [0.1, 0.15) is 6.10 Å². The van der Waals surface area contributed by atoms with Gasteiger partial charge in [0.05, 0.1) is 17.5 Å². The maximum atomic E-state index is 13.3. The second-order valence-corrected chi connectivity index (χ2v) is 9.30. The number of rotatable bonds is 6. The molecular weight excluding hydrogens is 502 g/mol. The second kappa shape index (κ2) is 15.6. The minimum absolute atomic E-state index is 0.0772. The predicted octanol–water partition coefficient (Wildman–Crippen LogP) is 3.07. The molecule has 1 aliphatic carbocycles. The van der Waals surface area contributed by atoms with Crippen molar-refractivity contribution in [2.45, 2.75) is 64.3 Å². The lowest BCUT2D eigenvalue weighted by atomic mass is 9.91. The number of carbonyl (C=O) groups is 4. The van der Waals surface area contributed by atoms with Crippen LogP contribution in [-0.4, -0.2) is 62.6 Å². The van der Waals surface area contributed by atoms with Crippen LogP contribution in [0.1, 0.15) is 46.0 Å². The molecule has 2 rings (SSSR count). The van der Waals surface area contributed by atoms with Crippen molar-refractivity contribution in [3.8, 4) is 0 Å². The molecular formula is C29H39N3O7. The molecule has 0 fully saturated rings. The Bertz CT molecular complexity index is 1110. The number of hydrogen-bond donors (Lipinski definition) is 3. The third-order valence-electron chi connectivity index (χ3n) is 6.52. The van der Waals surface area contributed by atoms with Crippen LogP contribution in [0.5, 0.6) is 0 Å². The van der Waals surface area contributed by atoms with E-state index < -0.39 is 30.0 Å². The summed E-state index contributed by atoms with van der Waals surface area (Å²) in [4.78, 5) is 50.7. The Hall–Kier alpha value is -3.76. The Morgan fingerprint density at radius 3 is 2.59 bits per heavy atom. The summed E-state index contributed by atoms with van der Waals surface area (Å²) in [5.74, 6) is -1.34. The molecule has 0 aromatic heterocycles. The number of carbonyl (C=O) groups excluding carboxylic acids is 4. The van der Waals surface area contributed by atoms with E-state index in [-0.39, 0.29) is 28.9 Å². The van der Waals surface area contributed by atoms with E-state index in [1.807, 2.05) is 13.0 Å². The number of amides is 2. The molecule has 0 saturated heterocycles. The molecule has 0 spiro atoms. The van der Waals surface area contributed by atoms with Gasteiger partial charge in [0.2, 0.25) is 11.6 Å². The highest BCUT2D eigenvalue weighted by Crippen LogP contribution is 2.24. The van der Waals surface area contributed by atoms with Crippen molar-refractivity contribution in [2.24, 2.45) is 5.73 Å². The van der Waals surface area contributed by atoms with Gasteiger partial charge in [-0.25, -0.2) is 4.79 Å². The molecule has 0 saturated carbocycles. The lowest BCUT2D eigenvalue weighted by molar-refractivity contribution is -0.120. The molecule has 1 heterocycles. The van der Waals surface area contributed by atoms with Crippen molar-refractivity contribution in [1.82, 2.24) is 10.6 Å². The number of allylic oxidation sites excluding steroid dienone is 5. The van der Waals surface area contributed by atoms with E-state index in [1.54, 1.807) is 32.3 Å². The molecule has 2 aliphatic rings. The minimum atomic E-state index is -0.933. The number of nitrogens with two attached hydrogens (primary N) is 1. The molecule has 4 N–H and O–H groups in total. The van der Waals surface area contributed by atoms with Crippen molar-refractivity contribution in [2.75, 3.05) is 20.8 Å². The molecule has 1 aliphatic heterocycles. The van der Waals surface area contributed by atoms with E-state index in [1.165, 1.54) is 13.2 Å². The number of ketones is 2. The number of nitrogens with one attached hydrogen (secondary N) is 2. The van der Waals surface area contributed by atoms with Crippen LogP contribution in [-0.2, 0) is 28.6 Å². The van der Waals surface area contributed by atoms with Crippen LogP contribution in [0.4, 0.5) is 4.79 Å². The highest BCUT2D eigenvalue weighted by atomic mass is 16.6. The maximum Gasteiger partial charge on any atom is 0.405 e. The van der Waals surface area contributed by atoms with Crippen LogP contribution in [0.25, 0.3) is 0 Å². The zero-order chi connectivity index (χ0) is 28.9. The van der Waals surface area contributed by atoms with Crippen LogP contribution in [0.3, 0.4) is 0 Å². The molecule has 1 unspecified atom stereocenters. The lowest BCUT2D eigenvalue weighted by Gasteiger charge is -2.24. The summed E-state index contributed by atoms with van der Waals surface area (Å²) >= 11 is 0. The van der Waals surface area contributed by atoms with E-state index in [0.717, 1.165) is 11.6 Å². The van der Waals surface area contributed by atoms with Crippen molar-refractivity contribution < 1.29 is 33.4 Å². The van der Waals surface area contributed by atoms with Crippen molar-refractivity contribution in [3.63, 3.8) is 0 Å². The predicted molar refractivity (Wildman–Crippen MR) is 147 cm³/mol. The second-order valence-electron chi connectivity index (χ2n) is 9.30. The van der Waals surface area contributed by atoms with E-state index in [2.05, 4.69) is 17.2 Å². The van der Waals surface area contributed by atoms with Crippen LogP contribution in [0.2, 0.25) is 0 Å². The Kier molecular flexibility index (Phi) is 12.6. The SMILES string of the molecule is C=CCNC1=C2CCC[C@H](OC)CC/C=C(\C)[C@H](OC(N)=O)C(OC)/C=C\C=C(/C)C(=O)NC(=CC1=O)C2=O. The minimum Gasteiger partial charge on any atom is -0.439 e. The maximum absolute atomic E-state index is 13.3. The normalized spacial score (nSPS) is 27.3. The first-order valence-corrected chi connectivity index (χ1v) is 12.9. The quantitative estimate of drug-likeness (QED) is 0.344. The van der Waals surface area contributed by atoms with Gasteiger partial charge in [0.15, 0.2) is 6.10 Å². The van der Waals surface area contributed by atoms with Gasteiger partial charge in [-0.2, -0.15) is 0 Å². The Balaban J connectivity index is 2.46. The Morgan fingerprint density at radius 1 is 1.21 bits per heavy atom. The molecule has 39 heavy (non-hydrogen) atoms. The van der Waals surface area contributed by atoms with Gasteiger partial charge < -0.3 is 30.6 Å². The van der Waals surface area contributed by atoms with E-state index >= 15 is 0 Å². The van der Waals surface area contributed by atoms with E-state index in [9.17, 15) is 19.2 Å². The molecule has 0 aromatic carbocycles. The fourth-order valence-electron chi connectivity index (χ4n) is 4.35. The van der Waals surface area contributed by atoms with Gasteiger partial charge in [0.25, 0.3) is 5.91 Å². The van der Waals surface area contributed by atoms with Gasteiger partial charge >= 0.3 is 6.09 Å². The zero-order valence-electron chi connectivity index (χ0n) is 23.1. The molecule has 2 amide bonds. The summed E-state index contributed by atoms with van der Waals surface area (Å²) in [6.07, 6.45) is 9.84. The average Bonchev–Trinajstić information content (AvgIpc) is 2.90. The van der Waals surface area contributed by atoms with Gasteiger partial charge in [0, 0.05) is 38.0 Å². The van der Waals surface area contributed by atoms with Crippen LogP contribution < -0.4 is 16.4 Å². The summed E-state index contributed by atoms with van der Waals surface area (Å²) in [5, 5.41) is 5.55. The fourth-order valence-corrected chi connectivity index (χ4v) is 4.35. The monoisotopic (exact) mass is 541 g/mol. The fraction of sp³-hybridized carbons (Fsp3) is 0.448. The molecule has 0 aromatic rings. The van der Waals surface area contributed by atoms with Crippen LogP contribution in [0, 0.1) is 0 Å². The molecule has 212 valence electrons. The summed E-state index contributed by atoms with van der Waals surface area (Å²) in [7, 11) is 3.10. The highest BCUT2D eigenvalue weighted by Gasteiger charge is 2.30. The summed E-state index contributed by atoms with van der Waals surface area (Å²) in [5.41, 5.74) is 6.81. The zero-order valence-corrected chi connectivity index (χ0v) is 23.1. The lowest BCUT2D eigenvalue weighted by Crippen LogP contribution is -2.35. The molecule has 0 radical (unpaired) electrons. The van der Waals surface area contributed by atoms with E-state index in [0.29, 0.717) is 44.2 Å². The first-order chi connectivity index (χ1) is 18.6. The smallest absolute Gasteiger partial charge is 0.405 e. The number of hydrogen-bond acceptors (Lipinski definition) is 8. The molecule has 3 atom stereocenters. The van der Waals surface area contributed by atoms with Gasteiger partial charge in [-0.1, -0.05) is 30.4 Å². The number of fused-ring (bicyclic) bond motifs is 2. The van der Waals surface area contributed by atoms with Gasteiger partial charge in [-0.05, 0) is 51.5 Å². The molecule has 10 nitrogen and oxygen atoms in total. The third kappa shape index (κ3) is 9.19. The van der Waals surface area contributed by atoms with E-state index in [4.69, 9.17) is 19.9 Å². The number of methoxy groups -OCH3 is 2. The number of primary amides is 1. The molecule has 2 bridgehead atoms. The number of Topliss-reactive ketones (excluding diaryl/α,β-unsaturated/α-hetero) is 1. The molecule has 10 heteroatoms. The largest absolute Gasteiger partial charge is 0.439 e. The Morgan fingerprint density at radius 2 is 1.95 bits per heavy atom. The summed E-state index contributed by atoms with van der Waals surface area (Å²) in [6.45, 7) is 7.37. The summed E-state index contributed by atoms with van der Waals surface area (Å²) in [6, 6.07) is 0. The Labute approximate surface area is 229 Å². The topological polar surface area (TPSA) is 146 Å². The summed E-state index contributed by atoms with van der Waals surface area (Å²) < 4.78 is 16.5.